The van der Waals surface area contributed by atoms with Crippen LogP contribution in [-0.2, 0) is 0 Å². The Morgan fingerprint density at radius 2 is 0.697 bits per heavy atom. The van der Waals surface area contributed by atoms with E-state index in [1.165, 1.54) is 9.80 Å². The molecule has 0 aromatic heterocycles. The van der Waals surface area contributed by atoms with E-state index in [-0.39, 0.29) is 61.2 Å². The van der Waals surface area contributed by atoms with Gasteiger partial charge in [-0.2, -0.15) is 0 Å². The van der Waals surface area contributed by atoms with Gasteiger partial charge in [0.1, 0.15) is 47.7 Å². The predicted molar refractivity (Wildman–Crippen MR) is 297 cm³/mol. The minimum absolute atomic E-state index is 0.0244. The minimum Gasteiger partial charge on any atom is -0.491 e. The molecule has 0 bridgehead atoms. The van der Waals surface area contributed by atoms with E-state index >= 15 is 19.2 Å². The first-order valence-electron chi connectivity index (χ1n) is 26.0. The van der Waals surface area contributed by atoms with Crippen molar-refractivity contribution in [3.8, 4) is 34.5 Å². The van der Waals surface area contributed by atoms with Crippen LogP contribution in [0.5, 0.6) is 34.5 Å². The van der Waals surface area contributed by atoms with E-state index in [0.717, 1.165) is 22.3 Å². The lowest BCUT2D eigenvalue weighted by atomic mass is 9.80. The molecule has 0 atom stereocenters. The summed E-state index contributed by atoms with van der Waals surface area (Å²) in [6, 6.07) is 36.4. The predicted octanol–water partition coefficient (Wildman–Crippen LogP) is 14.2. The van der Waals surface area contributed by atoms with Crippen LogP contribution in [0.1, 0.15) is 143 Å². The van der Waals surface area contributed by atoms with Crippen LogP contribution in [0, 0.1) is 0 Å². The molecule has 11 rings (SSSR count). The summed E-state index contributed by atoms with van der Waals surface area (Å²) in [5.41, 5.74) is 5.72. The molecular weight excluding hydrogens is 957 g/mol. The normalized spacial score (nSPS) is 13.6. The maximum absolute atomic E-state index is 15.7. The van der Waals surface area contributed by atoms with Gasteiger partial charge in [-0.05, 0) is 129 Å². The van der Waals surface area contributed by atoms with Gasteiger partial charge >= 0.3 is 0 Å². The van der Waals surface area contributed by atoms with Crippen molar-refractivity contribution < 1.29 is 48.3 Å². The average molecular weight is 1020 g/mol. The number of carbonyl (C=O) groups is 4. The number of fused-ring (bicyclic) bond motifs is 2. The molecule has 76 heavy (non-hydrogen) atoms. The van der Waals surface area contributed by atoms with Crippen LogP contribution < -0.4 is 28.7 Å². The van der Waals surface area contributed by atoms with Crippen molar-refractivity contribution in [3.05, 3.63) is 166 Å². The number of aliphatic hydroxyl groups is 2. The topological polar surface area (TPSA) is 152 Å². The van der Waals surface area contributed by atoms with Gasteiger partial charge in [-0.1, -0.05) is 104 Å². The van der Waals surface area contributed by atoms with E-state index in [1.54, 1.807) is 72.8 Å². The molecule has 0 saturated heterocycles. The maximum atomic E-state index is 15.7. The highest BCUT2D eigenvalue weighted by molar-refractivity contribution is 6.47. The molecule has 2 N–H and O–H groups in total. The minimum atomic E-state index is -0.511. The van der Waals surface area contributed by atoms with Crippen molar-refractivity contribution in [1.29, 1.82) is 0 Å². The monoisotopic (exact) mass is 1010 g/mol. The van der Waals surface area contributed by atoms with Gasteiger partial charge in [0.15, 0.2) is 0 Å². The van der Waals surface area contributed by atoms with Crippen LogP contribution in [0.4, 0.5) is 11.4 Å². The summed E-state index contributed by atoms with van der Waals surface area (Å²) >= 11 is 0. The van der Waals surface area contributed by atoms with Gasteiger partial charge in [0, 0.05) is 43.4 Å². The number of para-hydroxylation sites is 2. The highest BCUT2D eigenvalue weighted by Gasteiger charge is 2.42. The fourth-order valence-corrected chi connectivity index (χ4v) is 11.3. The van der Waals surface area contributed by atoms with Crippen molar-refractivity contribution in [2.24, 2.45) is 0 Å². The number of imide groups is 2. The third kappa shape index (κ3) is 7.97. The summed E-state index contributed by atoms with van der Waals surface area (Å²) < 4.78 is 25.2. The first-order valence-corrected chi connectivity index (χ1v) is 26.0. The van der Waals surface area contributed by atoms with Crippen LogP contribution in [0.25, 0.3) is 43.1 Å². The van der Waals surface area contributed by atoms with Crippen LogP contribution in [-0.4, -0.2) is 60.3 Å². The molecule has 2 aliphatic heterocycles. The summed E-state index contributed by atoms with van der Waals surface area (Å²) in [5.74, 6) is 0.401. The zero-order valence-electron chi connectivity index (χ0n) is 43.7. The van der Waals surface area contributed by atoms with Crippen molar-refractivity contribution in [2.75, 3.05) is 36.2 Å². The molecule has 9 aromatic rings. The SMILES string of the molecule is CC(C)c1cccc(C(C)C)c1N1C(=O)c2ccc3c4c(Oc5ccc(OCCO)cc5)cc5c6c(ccc(c7c(Oc8ccc(OCCO)cc8)cc(c2c37)C1=O)c64)C(=O)N(c1c(C(C)C)cccc1C(C)C)C5=O. The lowest BCUT2D eigenvalue weighted by Gasteiger charge is -2.34. The Balaban J connectivity index is 1.24. The number of hydrogen-bond acceptors (Lipinski definition) is 10. The smallest absolute Gasteiger partial charge is 0.266 e. The Labute approximate surface area is 440 Å². The highest BCUT2D eigenvalue weighted by Crippen LogP contribution is 2.54. The Bertz CT molecular complexity index is 3530. The number of anilines is 2. The number of carbonyl (C=O) groups excluding carboxylic acids is 4. The molecule has 384 valence electrons. The average Bonchev–Trinajstić information content (AvgIpc) is 3.57. The molecule has 12 nitrogen and oxygen atoms in total. The summed E-state index contributed by atoms with van der Waals surface area (Å²) in [6.45, 7) is 16.3. The molecule has 2 aliphatic rings. The summed E-state index contributed by atoms with van der Waals surface area (Å²) in [4.78, 5) is 64.8. The van der Waals surface area contributed by atoms with Crippen molar-refractivity contribution in [1.82, 2.24) is 0 Å². The van der Waals surface area contributed by atoms with Gasteiger partial charge < -0.3 is 29.2 Å². The number of nitrogens with zero attached hydrogens (tertiary/aromatic N) is 2. The van der Waals surface area contributed by atoms with Crippen LogP contribution >= 0.6 is 0 Å². The number of aliphatic hydroxyl groups excluding tert-OH is 2. The van der Waals surface area contributed by atoms with Crippen LogP contribution in [0.2, 0.25) is 0 Å². The second kappa shape index (κ2) is 19.4. The van der Waals surface area contributed by atoms with Crippen molar-refractivity contribution in [3.63, 3.8) is 0 Å². The molecule has 9 aromatic carbocycles. The number of amides is 4. The number of rotatable bonds is 16. The first-order chi connectivity index (χ1) is 36.6. The van der Waals surface area contributed by atoms with E-state index in [0.29, 0.717) is 100 Å². The molecule has 0 aliphatic carbocycles. The summed E-state index contributed by atoms with van der Waals surface area (Å²) in [6.07, 6.45) is 0. The molecule has 0 radical (unpaired) electrons. The van der Waals surface area contributed by atoms with Crippen LogP contribution in [0.3, 0.4) is 0 Å². The quantitative estimate of drug-likeness (QED) is 0.0543. The molecule has 0 unspecified atom stereocenters. The van der Waals surface area contributed by atoms with Gasteiger partial charge in [-0.25, -0.2) is 9.80 Å². The molecule has 2 heterocycles. The third-order valence-corrected chi connectivity index (χ3v) is 14.7. The lowest BCUT2D eigenvalue weighted by Crippen LogP contribution is -2.42. The molecule has 0 fully saturated rings. The van der Waals surface area contributed by atoms with Crippen LogP contribution in [0.15, 0.2) is 121 Å². The Kier molecular flexibility index (Phi) is 12.7. The van der Waals surface area contributed by atoms with E-state index in [1.807, 2.05) is 104 Å². The van der Waals surface area contributed by atoms with Gasteiger partial charge in [0.2, 0.25) is 0 Å². The molecule has 4 amide bonds. The van der Waals surface area contributed by atoms with E-state index in [4.69, 9.17) is 18.9 Å². The number of hydrogen-bond donors (Lipinski definition) is 2. The zero-order valence-corrected chi connectivity index (χ0v) is 43.7. The standard InChI is InChI=1S/C64H58N2O10/c1-33(2)41-11-9-12-42(34(3)4)59(41)65-61(69)47-25-23-45-56-52(76-40-21-17-38(18-22-40)74-30-28-68)32-50-54-48(62(70)66(64(50)72)60-43(35(5)6)13-10-14-44(60)36(7)8)26-24-46(58(54)56)55-51(31-49(63(65)71)53(47)57(45)55)75-39-19-15-37(16-20-39)73-29-27-67/h9-26,31-36,67-68H,27-30H2,1-8H3. The Hall–Kier alpha value is -8.32. The largest absolute Gasteiger partial charge is 0.491 e. The number of benzene rings is 9. The Morgan fingerprint density at radius 1 is 0.382 bits per heavy atom. The summed E-state index contributed by atoms with van der Waals surface area (Å²) in [5, 5.41) is 23.2. The third-order valence-electron chi connectivity index (χ3n) is 14.7. The second-order valence-corrected chi connectivity index (χ2v) is 20.8. The highest BCUT2D eigenvalue weighted by atomic mass is 16.5. The second-order valence-electron chi connectivity index (χ2n) is 20.8. The number of ether oxygens (including phenoxy) is 4. The molecular formula is C64H58N2O10. The first kappa shape index (κ1) is 49.9. The maximum Gasteiger partial charge on any atom is 0.266 e. The van der Waals surface area contributed by atoms with E-state index < -0.39 is 23.6 Å². The zero-order chi connectivity index (χ0) is 53.4. The van der Waals surface area contributed by atoms with Gasteiger partial charge in [-0.15, -0.1) is 0 Å². The lowest BCUT2D eigenvalue weighted by molar-refractivity contribution is 0.0877. The van der Waals surface area contributed by atoms with Gasteiger partial charge in [0.05, 0.1) is 35.7 Å². The van der Waals surface area contributed by atoms with E-state index in [9.17, 15) is 10.2 Å². The van der Waals surface area contributed by atoms with E-state index in [2.05, 4.69) is 0 Å². The molecule has 0 saturated carbocycles. The fraction of sp³-hybridized carbons (Fsp3) is 0.250. The Morgan fingerprint density at radius 3 is 1.01 bits per heavy atom. The van der Waals surface area contributed by atoms with Gasteiger partial charge in [-0.3, -0.25) is 19.2 Å². The fourth-order valence-electron chi connectivity index (χ4n) is 11.3. The van der Waals surface area contributed by atoms with Crippen molar-refractivity contribution >= 4 is 78.1 Å². The van der Waals surface area contributed by atoms with Gasteiger partial charge in [0.25, 0.3) is 23.6 Å². The van der Waals surface area contributed by atoms with Crippen molar-refractivity contribution in [2.45, 2.75) is 79.1 Å². The summed E-state index contributed by atoms with van der Waals surface area (Å²) in [7, 11) is 0. The molecule has 0 spiro atoms. The molecule has 12 heteroatoms.